The number of aryl methyl sites for hydroxylation is 1. The number of hydrogen-bond donors (Lipinski definition) is 1. The molecule has 0 saturated heterocycles. The maximum atomic E-state index is 10.7. The van der Waals surface area contributed by atoms with E-state index >= 15 is 0 Å². The molecule has 2 heteroatoms. The van der Waals surface area contributed by atoms with E-state index in [1.54, 1.807) is 7.11 Å². The SMILES string of the molecule is COc1ccc(C)cc1C(O)C1Cc2ccccc2C1. The average molecular weight is 268 g/mol. The predicted molar refractivity (Wildman–Crippen MR) is 80.0 cm³/mol. The molecule has 0 amide bonds. The van der Waals surface area contributed by atoms with Crippen molar-refractivity contribution in [2.45, 2.75) is 25.9 Å². The molecule has 0 radical (unpaired) electrons. The molecule has 2 aromatic carbocycles. The summed E-state index contributed by atoms with van der Waals surface area (Å²) < 4.78 is 5.40. The van der Waals surface area contributed by atoms with Crippen molar-refractivity contribution in [3.05, 3.63) is 64.7 Å². The molecule has 0 saturated carbocycles. The Labute approximate surface area is 120 Å². The van der Waals surface area contributed by atoms with Gasteiger partial charge in [0.2, 0.25) is 0 Å². The van der Waals surface area contributed by atoms with Gasteiger partial charge in [-0.1, -0.05) is 35.9 Å². The Balaban J connectivity index is 1.88. The number of aliphatic hydroxyl groups excluding tert-OH is 1. The monoisotopic (exact) mass is 268 g/mol. The first-order valence-electron chi connectivity index (χ1n) is 7.08. The van der Waals surface area contributed by atoms with Gasteiger partial charge in [-0.25, -0.2) is 0 Å². The fourth-order valence-electron chi connectivity index (χ4n) is 3.15. The Kier molecular flexibility index (Phi) is 3.49. The fraction of sp³-hybridized carbons (Fsp3) is 0.333. The van der Waals surface area contributed by atoms with E-state index in [9.17, 15) is 5.11 Å². The minimum Gasteiger partial charge on any atom is -0.496 e. The zero-order valence-electron chi connectivity index (χ0n) is 12.0. The molecule has 1 aliphatic rings. The third kappa shape index (κ3) is 2.32. The number of methoxy groups -OCH3 is 1. The van der Waals surface area contributed by atoms with Gasteiger partial charge in [0.15, 0.2) is 0 Å². The molecule has 1 N–H and O–H groups in total. The second kappa shape index (κ2) is 5.29. The number of benzene rings is 2. The van der Waals surface area contributed by atoms with Crippen molar-refractivity contribution < 1.29 is 9.84 Å². The van der Waals surface area contributed by atoms with Crippen molar-refractivity contribution in [1.29, 1.82) is 0 Å². The molecule has 0 aromatic heterocycles. The van der Waals surface area contributed by atoms with Crippen LogP contribution >= 0.6 is 0 Å². The maximum absolute atomic E-state index is 10.7. The van der Waals surface area contributed by atoms with E-state index in [1.165, 1.54) is 11.1 Å². The van der Waals surface area contributed by atoms with Crippen molar-refractivity contribution in [3.8, 4) is 5.75 Å². The number of hydrogen-bond acceptors (Lipinski definition) is 2. The third-order valence-electron chi connectivity index (χ3n) is 4.23. The van der Waals surface area contributed by atoms with Crippen LogP contribution in [0.3, 0.4) is 0 Å². The molecule has 1 aliphatic carbocycles. The summed E-state index contributed by atoms with van der Waals surface area (Å²) in [5.74, 6) is 1.02. The summed E-state index contributed by atoms with van der Waals surface area (Å²) >= 11 is 0. The molecule has 0 spiro atoms. The first-order valence-corrected chi connectivity index (χ1v) is 7.08. The van der Waals surface area contributed by atoms with Gasteiger partial charge in [0, 0.05) is 5.56 Å². The summed E-state index contributed by atoms with van der Waals surface area (Å²) in [7, 11) is 1.66. The van der Waals surface area contributed by atoms with Crippen LogP contribution in [0.1, 0.15) is 28.4 Å². The zero-order chi connectivity index (χ0) is 14.1. The van der Waals surface area contributed by atoms with Gasteiger partial charge in [-0.05, 0) is 48.9 Å². The van der Waals surface area contributed by atoms with E-state index in [4.69, 9.17) is 4.74 Å². The summed E-state index contributed by atoms with van der Waals surface area (Å²) in [6.45, 7) is 2.04. The lowest BCUT2D eigenvalue weighted by atomic mass is 9.92. The molecular formula is C18H20O2. The van der Waals surface area contributed by atoms with Gasteiger partial charge in [-0.3, -0.25) is 0 Å². The molecular weight excluding hydrogens is 248 g/mol. The van der Waals surface area contributed by atoms with Gasteiger partial charge in [0.25, 0.3) is 0 Å². The van der Waals surface area contributed by atoms with Crippen molar-refractivity contribution in [1.82, 2.24) is 0 Å². The molecule has 3 rings (SSSR count). The van der Waals surface area contributed by atoms with Crippen LogP contribution in [0, 0.1) is 12.8 Å². The molecule has 1 unspecified atom stereocenters. The Morgan fingerprint density at radius 3 is 2.35 bits per heavy atom. The maximum Gasteiger partial charge on any atom is 0.124 e. The minimum atomic E-state index is -0.475. The highest BCUT2D eigenvalue weighted by Gasteiger charge is 2.29. The minimum absolute atomic E-state index is 0.239. The molecule has 0 fully saturated rings. The standard InChI is InChI=1S/C18H20O2/c1-12-7-8-17(20-2)16(9-12)18(19)15-10-13-5-3-4-6-14(13)11-15/h3-9,15,18-19H,10-11H2,1-2H3. The number of fused-ring (bicyclic) bond motifs is 1. The molecule has 0 bridgehead atoms. The normalized spacial score (nSPS) is 15.9. The van der Waals surface area contributed by atoms with Crippen molar-refractivity contribution >= 4 is 0 Å². The molecule has 104 valence electrons. The molecule has 2 aromatic rings. The van der Waals surface area contributed by atoms with Gasteiger partial charge in [-0.2, -0.15) is 0 Å². The van der Waals surface area contributed by atoms with Crippen molar-refractivity contribution in [3.63, 3.8) is 0 Å². The van der Waals surface area contributed by atoms with Crippen LogP contribution in [0.5, 0.6) is 5.75 Å². The van der Waals surface area contributed by atoms with Crippen LogP contribution in [0.15, 0.2) is 42.5 Å². The second-order valence-corrected chi connectivity index (χ2v) is 5.63. The quantitative estimate of drug-likeness (QED) is 0.924. The van der Waals surface area contributed by atoms with Crippen LogP contribution in [0.4, 0.5) is 0 Å². The van der Waals surface area contributed by atoms with Crippen LogP contribution < -0.4 is 4.74 Å². The Morgan fingerprint density at radius 1 is 1.10 bits per heavy atom. The molecule has 0 heterocycles. The highest BCUT2D eigenvalue weighted by molar-refractivity contribution is 5.40. The Bertz CT molecular complexity index is 594. The second-order valence-electron chi connectivity index (χ2n) is 5.63. The van der Waals surface area contributed by atoms with Gasteiger partial charge in [0.1, 0.15) is 5.75 Å². The first-order chi connectivity index (χ1) is 9.69. The van der Waals surface area contributed by atoms with E-state index in [0.29, 0.717) is 0 Å². The first kappa shape index (κ1) is 13.2. The van der Waals surface area contributed by atoms with Crippen molar-refractivity contribution in [2.75, 3.05) is 7.11 Å². The zero-order valence-corrected chi connectivity index (χ0v) is 12.0. The summed E-state index contributed by atoms with van der Waals surface area (Å²) in [4.78, 5) is 0. The van der Waals surface area contributed by atoms with E-state index < -0.39 is 6.10 Å². The predicted octanol–water partition coefficient (Wildman–Crippen LogP) is 3.45. The smallest absolute Gasteiger partial charge is 0.124 e. The molecule has 2 nitrogen and oxygen atoms in total. The number of aliphatic hydroxyl groups is 1. The summed E-state index contributed by atoms with van der Waals surface area (Å²) in [5, 5.41) is 10.7. The van der Waals surface area contributed by atoms with Crippen LogP contribution in [0.25, 0.3) is 0 Å². The van der Waals surface area contributed by atoms with E-state index in [0.717, 1.165) is 29.7 Å². The summed E-state index contributed by atoms with van der Waals surface area (Å²) in [6.07, 6.45) is 1.40. The van der Waals surface area contributed by atoms with Crippen LogP contribution in [-0.2, 0) is 12.8 Å². The van der Waals surface area contributed by atoms with Crippen LogP contribution in [-0.4, -0.2) is 12.2 Å². The Hall–Kier alpha value is -1.80. The van der Waals surface area contributed by atoms with E-state index in [1.807, 2.05) is 25.1 Å². The van der Waals surface area contributed by atoms with E-state index in [2.05, 4.69) is 24.3 Å². The van der Waals surface area contributed by atoms with Gasteiger partial charge >= 0.3 is 0 Å². The molecule has 0 aliphatic heterocycles. The molecule has 20 heavy (non-hydrogen) atoms. The van der Waals surface area contributed by atoms with Crippen molar-refractivity contribution in [2.24, 2.45) is 5.92 Å². The van der Waals surface area contributed by atoms with Crippen LogP contribution in [0.2, 0.25) is 0 Å². The highest BCUT2D eigenvalue weighted by atomic mass is 16.5. The summed E-state index contributed by atoms with van der Waals surface area (Å²) in [6, 6.07) is 14.5. The lowest BCUT2D eigenvalue weighted by Crippen LogP contribution is -2.14. The number of rotatable bonds is 3. The fourth-order valence-corrected chi connectivity index (χ4v) is 3.15. The Morgan fingerprint density at radius 2 is 1.75 bits per heavy atom. The van der Waals surface area contributed by atoms with E-state index in [-0.39, 0.29) is 5.92 Å². The highest BCUT2D eigenvalue weighted by Crippen LogP contribution is 2.38. The molecule has 1 atom stereocenters. The van der Waals surface area contributed by atoms with Gasteiger partial charge < -0.3 is 9.84 Å². The van der Waals surface area contributed by atoms with Gasteiger partial charge in [-0.15, -0.1) is 0 Å². The van der Waals surface area contributed by atoms with Gasteiger partial charge in [0.05, 0.1) is 13.2 Å². The lowest BCUT2D eigenvalue weighted by Gasteiger charge is -2.21. The third-order valence-corrected chi connectivity index (χ3v) is 4.23. The largest absolute Gasteiger partial charge is 0.496 e. The summed E-state index contributed by atoms with van der Waals surface area (Å²) in [5.41, 5.74) is 4.78. The lowest BCUT2D eigenvalue weighted by molar-refractivity contribution is 0.110. The average Bonchev–Trinajstić information content (AvgIpc) is 2.90. The topological polar surface area (TPSA) is 29.5 Å². The number of ether oxygens (including phenoxy) is 1.